The first kappa shape index (κ1) is 13.8. The summed E-state index contributed by atoms with van der Waals surface area (Å²) in [5.74, 6) is 0.0611. The van der Waals surface area contributed by atoms with E-state index in [1.54, 1.807) is 6.92 Å². The highest BCUT2D eigenvalue weighted by Gasteiger charge is 2.37. The molecule has 1 rings (SSSR count). The third kappa shape index (κ3) is 3.35. The van der Waals surface area contributed by atoms with Crippen molar-refractivity contribution in [1.82, 2.24) is 5.32 Å². The summed E-state index contributed by atoms with van der Waals surface area (Å²) in [6, 6.07) is -0.426. The van der Waals surface area contributed by atoms with Gasteiger partial charge in [-0.15, -0.1) is 0 Å². The monoisotopic (exact) mass is 241 g/mol. The molecule has 5 heteroatoms. The van der Waals surface area contributed by atoms with Gasteiger partial charge in [0.2, 0.25) is 5.91 Å². The van der Waals surface area contributed by atoms with Gasteiger partial charge in [0, 0.05) is 5.92 Å². The Morgan fingerprint density at radius 1 is 1.53 bits per heavy atom. The lowest BCUT2D eigenvalue weighted by molar-refractivity contribution is -0.130. The van der Waals surface area contributed by atoms with Gasteiger partial charge in [-0.3, -0.25) is 4.79 Å². The smallest absolute Gasteiger partial charge is 0.224 e. The van der Waals surface area contributed by atoms with Gasteiger partial charge in [0.1, 0.15) is 0 Å². The summed E-state index contributed by atoms with van der Waals surface area (Å²) >= 11 is 0. The van der Waals surface area contributed by atoms with E-state index in [0.29, 0.717) is 0 Å². The van der Waals surface area contributed by atoms with Crippen LogP contribution in [0.1, 0.15) is 46.5 Å². The number of nitrogens with two attached hydrogens (primary N) is 1. The molecule has 5 nitrogen and oxygen atoms in total. The SMILES string of the molecule is CC(NC(=O)C1CCCCC1(C)C)C(N)=NO. The molecule has 0 bridgehead atoms. The lowest BCUT2D eigenvalue weighted by Gasteiger charge is -2.37. The number of hydrogen-bond acceptors (Lipinski definition) is 3. The van der Waals surface area contributed by atoms with Crippen LogP contribution in [0.25, 0.3) is 0 Å². The number of nitrogens with zero attached hydrogens (tertiary/aromatic N) is 1. The maximum atomic E-state index is 12.1. The third-order valence-corrected chi connectivity index (χ3v) is 3.74. The van der Waals surface area contributed by atoms with Crippen molar-refractivity contribution in [2.24, 2.45) is 22.2 Å². The van der Waals surface area contributed by atoms with Crippen LogP contribution in [0, 0.1) is 11.3 Å². The average Bonchev–Trinajstić information content (AvgIpc) is 2.26. The Morgan fingerprint density at radius 3 is 2.71 bits per heavy atom. The molecule has 1 fully saturated rings. The average molecular weight is 241 g/mol. The summed E-state index contributed by atoms with van der Waals surface area (Å²) in [6.07, 6.45) is 4.27. The largest absolute Gasteiger partial charge is 0.409 e. The minimum absolute atomic E-state index is 0.00815. The molecule has 1 saturated carbocycles. The molecule has 2 atom stereocenters. The van der Waals surface area contributed by atoms with Crippen LogP contribution in [0.2, 0.25) is 0 Å². The second-order valence-electron chi connectivity index (χ2n) is 5.54. The summed E-state index contributed by atoms with van der Waals surface area (Å²) in [7, 11) is 0. The molecule has 0 spiro atoms. The molecule has 0 aromatic rings. The van der Waals surface area contributed by atoms with Crippen LogP contribution < -0.4 is 11.1 Å². The third-order valence-electron chi connectivity index (χ3n) is 3.74. The summed E-state index contributed by atoms with van der Waals surface area (Å²) in [5.41, 5.74) is 5.48. The number of hydrogen-bond donors (Lipinski definition) is 3. The highest BCUT2D eigenvalue weighted by Crippen LogP contribution is 2.40. The quantitative estimate of drug-likeness (QED) is 0.302. The molecule has 0 aromatic heterocycles. The van der Waals surface area contributed by atoms with Crippen LogP contribution >= 0.6 is 0 Å². The molecule has 98 valence electrons. The molecule has 0 aromatic carbocycles. The van der Waals surface area contributed by atoms with E-state index in [2.05, 4.69) is 24.3 Å². The summed E-state index contributed by atoms with van der Waals surface area (Å²) in [4.78, 5) is 12.1. The fraction of sp³-hybridized carbons (Fsp3) is 0.833. The van der Waals surface area contributed by atoms with Crippen molar-refractivity contribution in [1.29, 1.82) is 0 Å². The van der Waals surface area contributed by atoms with Gasteiger partial charge in [0.05, 0.1) is 6.04 Å². The van der Waals surface area contributed by atoms with Gasteiger partial charge in [-0.1, -0.05) is 31.8 Å². The molecule has 0 aliphatic heterocycles. The van der Waals surface area contributed by atoms with E-state index in [9.17, 15) is 4.79 Å². The zero-order chi connectivity index (χ0) is 13.1. The van der Waals surface area contributed by atoms with Gasteiger partial charge in [0.25, 0.3) is 0 Å². The van der Waals surface area contributed by atoms with Crippen molar-refractivity contribution in [3.8, 4) is 0 Å². The van der Waals surface area contributed by atoms with Crippen LogP contribution in [0.4, 0.5) is 0 Å². The molecule has 17 heavy (non-hydrogen) atoms. The molecule has 0 saturated heterocycles. The van der Waals surface area contributed by atoms with Gasteiger partial charge in [-0.25, -0.2) is 0 Å². The Hall–Kier alpha value is -1.26. The molecule has 4 N–H and O–H groups in total. The van der Waals surface area contributed by atoms with Gasteiger partial charge in [-0.05, 0) is 25.2 Å². The zero-order valence-electron chi connectivity index (χ0n) is 10.9. The molecular weight excluding hydrogens is 218 g/mol. The van der Waals surface area contributed by atoms with Gasteiger partial charge in [-0.2, -0.15) is 0 Å². The van der Waals surface area contributed by atoms with Gasteiger partial charge < -0.3 is 16.3 Å². The van der Waals surface area contributed by atoms with Crippen molar-refractivity contribution in [3.05, 3.63) is 0 Å². The number of amides is 1. The number of rotatable bonds is 3. The molecule has 1 aliphatic carbocycles. The minimum Gasteiger partial charge on any atom is -0.409 e. The second kappa shape index (κ2) is 5.38. The Morgan fingerprint density at radius 2 is 2.18 bits per heavy atom. The Labute approximate surface area is 102 Å². The van der Waals surface area contributed by atoms with Gasteiger partial charge >= 0.3 is 0 Å². The van der Waals surface area contributed by atoms with E-state index in [-0.39, 0.29) is 23.1 Å². The number of oxime groups is 1. The fourth-order valence-corrected chi connectivity index (χ4v) is 2.45. The predicted octanol–water partition coefficient (Wildman–Crippen LogP) is 1.45. The topological polar surface area (TPSA) is 87.7 Å². The standard InChI is InChI=1S/C12H23N3O2/c1-8(10(13)15-17)14-11(16)9-6-4-5-7-12(9,2)3/h8-9,17H,4-7H2,1-3H3,(H2,13,15)(H,14,16). The highest BCUT2D eigenvalue weighted by molar-refractivity contribution is 5.90. The minimum atomic E-state index is -0.426. The predicted molar refractivity (Wildman–Crippen MR) is 66.8 cm³/mol. The Bertz CT molecular complexity index is 313. The van der Waals surface area contributed by atoms with E-state index in [1.165, 1.54) is 6.42 Å². The second-order valence-corrected chi connectivity index (χ2v) is 5.54. The van der Waals surface area contributed by atoms with Crippen LogP contribution in [-0.2, 0) is 4.79 Å². The van der Waals surface area contributed by atoms with Crippen LogP contribution in [0.5, 0.6) is 0 Å². The number of nitrogens with one attached hydrogen (secondary N) is 1. The molecule has 2 unspecified atom stereocenters. The Balaban J connectivity index is 2.63. The maximum absolute atomic E-state index is 12.1. The Kier molecular flexibility index (Phi) is 4.37. The first-order valence-electron chi connectivity index (χ1n) is 6.16. The molecule has 0 heterocycles. The first-order valence-corrected chi connectivity index (χ1v) is 6.16. The van der Waals surface area contributed by atoms with E-state index in [4.69, 9.17) is 10.9 Å². The normalized spacial score (nSPS) is 26.3. The van der Waals surface area contributed by atoms with Crippen LogP contribution in [0.15, 0.2) is 5.16 Å². The zero-order valence-corrected chi connectivity index (χ0v) is 10.9. The fourth-order valence-electron chi connectivity index (χ4n) is 2.45. The molecule has 0 radical (unpaired) electrons. The maximum Gasteiger partial charge on any atom is 0.224 e. The van der Waals surface area contributed by atoms with Crippen molar-refractivity contribution in [3.63, 3.8) is 0 Å². The van der Waals surface area contributed by atoms with E-state index < -0.39 is 6.04 Å². The van der Waals surface area contributed by atoms with Crippen molar-refractivity contribution in [2.45, 2.75) is 52.5 Å². The molecule has 1 amide bonds. The first-order chi connectivity index (χ1) is 7.88. The summed E-state index contributed by atoms with van der Waals surface area (Å²) in [5, 5.41) is 14.2. The summed E-state index contributed by atoms with van der Waals surface area (Å²) in [6.45, 7) is 5.97. The number of carbonyl (C=O) groups is 1. The number of carbonyl (C=O) groups excluding carboxylic acids is 1. The van der Waals surface area contributed by atoms with Crippen molar-refractivity contribution in [2.75, 3.05) is 0 Å². The number of amidine groups is 1. The summed E-state index contributed by atoms with van der Waals surface area (Å²) < 4.78 is 0. The van der Waals surface area contributed by atoms with Gasteiger partial charge in [0.15, 0.2) is 5.84 Å². The lowest BCUT2D eigenvalue weighted by Crippen LogP contribution is -2.48. The highest BCUT2D eigenvalue weighted by atomic mass is 16.4. The van der Waals surface area contributed by atoms with E-state index >= 15 is 0 Å². The van der Waals surface area contributed by atoms with Crippen LogP contribution in [-0.4, -0.2) is 23.0 Å². The molecular formula is C12H23N3O2. The van der Waals surface area contributed by atoms with E-state index in [1.807, 2.05) is 0 Å². The molecule has 1 aliphatic rings. The van der Waals surface area contributed by atoms with Crippen LogP contribution in [0.3, 0.4) is 0 Å². The van der Waals surface area contributed by atoms with Crippen molar-refractivity contribution < 1.29 is 10.0 Å². The van der Waals surface area contributed by atoms with E-state index in [0.717, 1.165) is 19.3 Å². The van der Waals surface area contributed by atoms with Crippen molar-refractivity contribution >= 4 is 11.7 Å². The lowest BCUT2D eigenvalue weighted by atomic mass is 9.68.